The molecule has 20 heavy (non-hydrogen) atoms. The van der Waals surface area contributed by atoms with Gasteiger partial charge < -0.3 is 10.2 Å². The van der Waals surface area contributed by atoms with Crippen LogP contribution in [0.4, 0.5) is 5.00 Å². The fraction of sp³-hybridized carbons (Fsp3) is 0.857. The van der Waals surface area contributed by atoms with Gasteiger partial charge in [-0.1, -0.05) is 11.4 Å². The summed E-state index contributed by atoms with van der Waals surface area (Å²) in [7, 11) is 0. The summed E-state index contributed by atoms with van der Waals surface area (Å²) in [5, 5.41) is 8.88. The van der Waals surface area contributed by atoms with Gasteiger partial charge in [-0.25, -0.2) is 0 Å². The van der Waals surface area contributed by atoms with E-state index in [0.717, 1.165) is 49.2 Å². The van der Waals surface area contributed by atoms with Gasteiger partial charge in [0, 0.05) is 57.3 Å². The lowest BCUT2D eigenvalue weighted by Gasteiger charge is -2.34. The van der Waals surface area contributed by atoms with Gasteiger partial charge in [0.25, 0.3) is 0 Å². The smallest absolute Gasteiger partial charge is 0.134 e. The Hall–Kier alpha value is -0.720. The third-order valence-electron chi connectivity index (χ3n) is 4.14. The van der Waals surface area contributed by atoms with Crippen LogP contribution >= 0.6 is 11.5 Å². The normalized spacial score (nSPS) is 21.2. The molecule has 2 heterocycles. The van der Waals surface area contributed by atoms with Crippen LogP contribution in [0.3, 0.4) is 0 Å². The molecule has 0 atom stereocenters. The average Bonchev–Trinajstić information content (AvgIpc) is 3.17. The van der Waals surface area contributed by atoms with Crippen molar-refractivity contribution in [2.24, 2.45) is 5.92 Å². The average molecular weight is 295 g/mol. The first-order chi connectivity index (χ1) is 9.85. The summed E-state index contributed by atoms with van der Waals surface area (Å²) in [6.07, 6.45) is 4.05. The molecule has 1 aliphatic heterocycles. The zero-order valence-electron chi connectivity index (χ0n) is 12.3. The second-order valence-corrected chi connectivity index (χ2v) is 6.75. The number of hydrogen-bond donors (Lipinski definition) is 1. The minimum atomic E-state index is 0.944. The Morgan fingerprint density at radius 1 is 1.20 bits per heavy atom. The molecule has 1 aliphatic carbocycles. The first-order valence-electron chi connectivity index (χ1n) is 7.85. The van der Waals surface area contributed by atoms with Gasteiger partial charge in [0.2, 0.25) is 0 Å². The molecular formula is C14H25N5S. The summed E-state index contributed by atoms with van der Waals surface area (Å²) < 4.78 is 4.10. The Labute approximate surface area is 125 Å². The van der Waals surface area contributed by atoms with Crippen LogP contribution in [0.1, 0.15) is 31.9 Å². The number of aromatic nitrogens is 2. The lowest BCUT2D eigenvalue weighted by Crippen LogP contribution is -2.46. The Morgan fingerprint density at radius 3 is 2.65 bits per heavy atom. The summed E-state index contributed by atoms with van der Waals surface area (Å²) in [5.41, 5.74) is 1.12. The van der Waals surface area contributed by atoms with Crippen LogP contribution in [0.5, 0.6) is 0 Å². The number of rotatable bonds is 7. The zero-order valence-corrected chi connectivity index (χ0v) is 13.2. The molecule has 0 amide bonds. The molecular weight excluding hydrogens is 270 g/mol. The number of nitrogens with zero attached hydrogens (tertiary/aromatic N) is 4. The summed E-state index contributed by atoms with van der Waals surface area (Å²) in [6.45, 7) is 10.2. The molecule has 0 unspecified atom stereocenters. The highest BCUT2D eigenvalue weighted by Crippen LogP contribution is 2.30. The van der Waals surface area contributed by atoms with Crippen LogP contribution in [-0.4, -0.2) is 58.7 Å². The quantitative estimate of drug-likeness (QED) is 0.832. The highest BCUT2D eigenvalue weighted by atomic mass is 32.1. The van der Waals surface area contributed by atoms with Crippen LogP contribution in [-0.2, 0) is 6.54 Å². The maximum atomic E-state index is 4.29. The topological polar surface area (TPSA) is 44.3 Å². The molecule has 112 valence electrons. The molecule has 6 heteroatoms. The Balaban J connectivity index is 1.45. The van der Waals surface area contributed by atoms with E-state index in [1.165, 1.54) is 44.0 Å². The van der Waals surface area contributed by atoms with Crippen molar-refractivity contribution in [1.82, 2.24) is 19.4 Å². The summed E-state index contributed by atoms with van der Waals surface area (Å²) in [5.74, 6) is 1.01. The van der Waals surface area contributed by atoms with Gasteiger partial charge in [-0.15, -0.1) is 5.10 Å². The molecule has 0 spiro atoms. The highest BCUT2D eigenvalue weighted by molar-refractivity contribution is 7.10. The summed E-state index contributed by atoms with van der Waals surface area (Å²) in [6, 6.07) is 0. The van der Waals surface area contributed by atoms with E-state index in [4.69, 9.17) is 0 Å². The molecule has 0 radical (unpaired) electrons. The summed E-state index contributed by atoms with van der Waals surface area (Å²) >= 11 is 1.49. The van der Waals surface area contributed by atoms with Crippen LogP contribution in [0.25, 0.3) is 0 Å². The Kier molecular flexibility index (Phi) is 4.86. The standard InChI is InChI=1S/C14H25N5S/c1-2-5-15-14-13(16-17-20-14)11-19-8-6-18(7-9-19)10-12-3-4-12/h12,15H,2-11H2,1H3. The van der Waals surface area contributed by atoms with Gasteiger partial charge in [-0.3, -0.25) is 4.90 Å². The van der Waals surface area contributed by atoms with Crippen molar-refractivity contribution in [1.29, 1.82) is 0 Å². The maximum absolute atomic E-state index is 4.29. The van der Waals surface area contributed by atoms with Crippen molar-refractivity contribution in [3.8, 4) is 0 Å². The van der Waals surface area contributed by atoms with Crippen molar-refractivity contribution in [3.63, 3.8) is 0 Å². The molecule has 5 nitrogen and oxygen atoms in total. The molecule has 1 aromatic heterocycles. The second kappa shape index (κ2) is 6.83. The van der Waals surface area contributed by atoms with Gasteiger partial charge in [0.1, 0.15) is 10.7 Å². The van der Waals surface area contributed by atoms with Crippen LogP contribution in [0.2, 0.25) is 0 Å². The number of nitrogens with one attached hydrogen (secondary N) is 1. The van der Waals surface area contributed by atoms with E-state index >= 15 is 0 Å². The van der Waals surface area contributed by atoms with Gasteiger partial charge in [-0.2, -0.15) is 0 Å². The van der Waals surface area contributed by atoms with Crippen LogP contribution in [0, 0.1) is 5.92 Å². The lowest BCUT2D eigenvalue weighted by molar-refractivity contribution is 0.122. The third-order valence-corrected chi connectivity index (χ3v) is 4.87. The monoisotopic (exact) mass is 295 g/mol. The molecule has 1 N–H and O–H groups in total. The highest BCUT2D eigenvalue weighted by Gasteiger charge is 2.26. The number of anilines is 1. The van der Waals surface area contributed by atoms with E-state index in [1.54, 1.807) is 0 Å². The predicted octanol–water partition coefficient (Wildman–Crippen LogP) is 1.89. The predicted molar refractivity (Wildman–Crippen MR) is 83.1 cm³/mol. The largest absolute Gasteiger partial charge is 0.374 e. The van der Waals surface area contributed by atoms with E-state index in [-0.39, 0.29) is 0 Å². The van der Waals surface area contributed by atoms with Crippen molar-refractivity contribution < 1.29 is 0 Å². The van der Waals surface area contributed by atoms with E-state index in [9.17, 15) is 0 Å². The van der Waals surface area contributed by atoms with E-state index in [0.29, 0.717) is 0 Å². The fourth-order valence-electron chi connectivity index (χ4n) is 2.69. The van der Waals surface area contributed by atoms with Gasteiger partial charge in [0.15, 0.2) is 0 Å². The lowest BCUT2D eigenvalue weighted by atomic mass is 10.2. The van der Waals surface area contributed by atoms with Crippen molar-refractivity contribution in [2.75, 3.05) is 44.6 Å². The number of piperazine rings is 1. The number of hydrogen-bond acceptors (Lipinski definition) is 6. The van der Waals surface area contributed by atoms with Crippen LogP contribution < -0.4 is 5.32 Å². The van der Waals surface area contributed by atoms with Crippen LogP contribution in [0.15, 0.2) is 0 Å². The first kappa shape index (κ1) is 14.2. The molecule has 1 saturated heterocycles. The second-order valence-electron chi connectivity index (χ2n) is 6.00. The van der Waals surface area contributed by atoms with E-state index in [2.05, 4.69) is 31.6 Å². The molecule has 0 aromatic carbocycles. The minimum absolute atomic E-state index is 0.944. The van der Waals surface area contributed by atoms with Crippen molar-refractivity contribution in [2.45, 2.75) is 32.7 Å². The van der Waals surface area contributed by atoms with Crippen molar-refractivity contribution >= 4 is 16.5 Å². The minimum Gasteiger partial charge on any atom is -0.374 e. The Bertz CT molecular complexity index is 409. The van der Waals surface area contributed by atoms with Gasteiger partial charge in [0.05, 0.1) is 0 Å². The molecule has 2 aliphatic rings. The Morgan fingerprint density at radius 2 is 1.95 bits per heavy atom. The molecule has 1 aromatic rings. The SMILES string of the molecule is CCCNc1snnc1CN1CCN(CC2CC2)CC1. The first-order valence-corrected chi connectivity index (χ1v) is 8.62. The molecule has 2 fully saturated rings. The van der Waals surface area contributed by atoms with E-state index < -0.39 is 0 Å². The fourth-order valence-corrected chi connectivity index (χ4v) is 3.29. The molecule has 3 rings (SSSR count). The molecule has 1 saturated carbocycles. The van der Waals surface area contributed by atoms with Crippen molar-refractivity contribution in [3.05, 3.63) is 5.69 Å². The maximum Gasteiger partial charge on any atom is 0.134 e. The van der Waals surface area contributed by atoms with Gasteiger partial charge >= 0.3 is 0 Å². The zero-order chi connectivity index (χ0) is 13.8. The van der Waals surface area contributed by atoms with E-state index in [1.807, 2.05) is 0 Å². The summed E-state index contributed by atoms with van der Waals surface area (Å²) in [4.78, 5) is 5.14. The third kappa shape index (κ3) is 3.90. The molecule has 0 bridgehead atoms. The van der Waals surface area contributed by atoms with Gasteiger partial charge in [-0.05, 0) is 25.2 Å².